The van der Waals surface area contributed by atoms with Crippen molar-refractivity contribution in [3.63, 3.8) is 0 Å². The number of rotatable bonds is 5. The molecule has 3 rings (SSSR count). The number of aromatic nitrogens is 3. The zero-order valence-corrected chi connectivity index (χ0v) is 14.4. The summed E-state index contributed by atoms with van der Waals surface area (Å²) in [6.45, 7) is 3.84. The molecule has 0 radical (unpaired) electrons. The van der Waals surface area contributed by atoms with Gasteiger partial charge in [0.25, 0.3) is 0 Å². The summed E-state index contributed by atoms with van der Waals surface area (Å²) in [6, 6.07) is 5.83. The van der Waals surface area contributed by atoms with Gasteiger partial charge in [-0.15, -0.1) is 0 Å². The molecule has 26 heavy (non-hydrogen) atoms. The Kier molecular flexibility index (Phi) is 4.53. The van der Waals surface area contributed by atoms with Crippen LogP contribution in [0.25, 0.3) is 5.78 Å². The predicted molar refractivity (Wildman–Crippen MR) is 91.2 cm³/mol. The van der Waals surface area contributed by atoms with E-state index in [0.29, 0.717) is 11.5 Å². The standard InChI is InChI=1S/C17H16N4O5/c1-10-6-11(2)20-8-13(19-17(20)18-10)9-26-15-5-4-12(16(22)25-3)7-14(15)21(23)24/h4-8H,9H2,1-3H3. The van der Waals surface area contributed by atoms with Gasteiger partial charge < -0.3 is 9.47 Å². The van der Waals surface area contributed by atoms with Gasteiger partial charge in [-0.2, -0.15) is 0 Å². The zero-order chi connectivity index (χ0) is 18.8. The van der Waals surface area contributed by atoms with Gasteiger partial charge in [0, 0.05) is 23.7 Å². The number of ether oxygens (including phenoxy) is 2. The molecular formula is C17H16N4O5. The molecule has 2 aromatic heterocycles. The van der Waals surface area contributed by atoms with Gasteiger partial charge in [-0.1, -0.05) is 0 Å². The van der Waals surface area contributed by atoms with Gasteiger partial charge in [-0.3, -0.25) is 14.5 Å². The van der Waals surface area contributed by atoms with Gasteiger partial charge in [0.1, 0.15) is 6.61 Å². The number of esters is 1. The third-order valence-electron chi connectivity index (χ3n) is 3.76. The minimum atomic E-state index is -0.656. The lowest BCUT2D eigenvalue weighted by Crippen LogP contribution is -2.04. The second-order valence-corrected chi connectivity index (χ2v) is 5.66. The van der Waals surface area contributed by atoms with Crippen LogP contribution in [0, 0.1) is 24.0 Å². The number of hydrogen-bond acceptors (Lipinski definition) is 7. The van der Waals surface area contributed by atoms with E-state index in [-0.39, 0.29) is 23.6 Å². The first-order chi connectivity index (χ1) is 12.4. The Morgan fingerprint density at radius 1 is 1.27 bits per heavy atom. The van der Waals surface area contributed by atoms with Crippen LogP contribution in [-0.4, -0.2) is 32.4 Å². The number of methoxy groups -OCH3 is 1. The molecule has 134 valence electrons. The Bertz CT molecular complexity index is 1010. The molecule has 0 amide bonds. The molecule has 0 unspecified atom stereocenters. The fourth-order valence-corrected chi connectivity index (χ4v) is 2.57. The number of benzene rings is 1. The van der Waals surface area contributed by atoms with E-state index < -0.39 is 10.9 Å². The van der Waals surface area contributed by atoms with Crippen molar-refractivity contribution in [3.05, 3.63) is 63.2 Å². The van der Waals surface area contributed by atoms with Gasteiger partial charge in [-0.25, -0.2) is 14.8 Å². The molecule has 1 aromatic carbocycles. The Morgan fingerprint density at radius 2 is 2.04 bits per heavy atom. The third kappa shape index (κ3) is 3.32. The minimum Gasteiger partial charge on any atom is -0.480 e. The van der Waals surface area contributed by atoms with Crippen molar-refractivity contribution >= 4 is 17.4 Å². The number of nitro groups is 1. The average molecular weight is 356 g/mol. The van der Waals surface area contributed by atoms with E-state index in [1.165, 1.54) is 19.2 Å². The van der Waals surface area contributed by atoms with Crippen LogP contribution in [0.3, 0.4) is 0 Å². The lowest BCUT2D eigenvalue weighted by molar-refractivity contribution is -0.386. The summed E-state index contributed by atoms with van der Waals surface area (Å²) in [7, 11) is 1.21. The van der Waals surface area contributed by atoms with Gasteiger partial charge in [-0.05, 0) is 32.0 Å². The summed E-state index contributed by atoms with van der Waals surface area (Å²) >= 11 is 0. The molecule has 3 aromatic rings. The van der Waals surface area contributed by atoms with Crippen molar-refractivity contribution in [2.45, 2.75) is 20.5 Å². The number of carbonyl (C=O) groups excluding carboxylic acids is 1. The normalized spacial score (nSPS) is 10.7. The summed E-state index contributed by atoms with van der Waals surface area (Å²) in [5.41, 5.74) is 2.16. The van der Waals surface area contributed by atoms with Crippen LogP contribution in [0.2, 0.25) is 0 Å². The number of carbonyl (C=O) groups is 1. The Hall–Kier alpha value is -3.49. The molecule has 0 spiro atoms. The fourth-order valence-electron chi connectivity index (χ4n) is 2.57. The van der Waals surface area contributed by atoms with E-state index in [0.717, 1.165) is 17.5 Å². The molecule has 0 bridgehead atoms. The first-order valence-corrected chi connectivity index (χ1v) is 7.71. The quantitative estimate of drug-likeness (QED) is 0.393. The van der Waals surface area contributed by atoms with E-state index >= 15 is 0 Å². The maximum atomic E-state index is 11.5. The van der Waals surface area contributed by atoms with Crippen molar-refractivity contribution in [3.8, 4) is 5.75 Å². The molecule has 9 nitrogen and oxygen atoms in total. The molecule has 0 fully saturated rings. The highest BCUT2D eigenvalue weighted by Gasteiger charge is 2.19. The second-order valence-electron chi connectivity index (χ2n) is 5.66. The van der Waals surface area contributed by atoms with E-state index in [2.05, 4.69) is 14.7 Å². The average Bonchev–Trinajstić information content (AvgIpc) is 3.02. The highest BCUT2D eigenvalue weighted by atomic mass is 16.6. The van der Waals surface area contributed by atoms with E-state index in [4.69, 9.17) is 4.74 Å². The highest BCUT2D eigenvalue weighted by Crippen LogP contribution is 2.29. The van der Waals surface area contributed by atoms with Crippen LogP contribution in [-0.2, 0) is 11.3 Å². The molecule has 0 N–H and O–H groups in total. The molecule has 0 aliphatic heterocycles. The molecule has 9 heteroatoms. The van der Waals surface area contributed by atoms with Crippen molar-refractivity contribution in [2.75, 3.05) is 7.11 Å². The summed E-state index contributed by atoms with van der Waals surface area (Å²) in [5, 5.41) is 11.3. The molecule has 2 heterocycles. The monoisotopic (exact) mass is 356 g/mol. The molecule has 0 saturated heterocycles. The largest absolute Gasteiger partial charge is 0.480 e. The summed E-state index contributed by atoms with van der Waals surface area (Å²) in [6.07, 6.45) is 1.77. The molecular weight excluding hydrogens is 340 g/mol. The molecule has 0 aliphatic carbocycles. The number of aryl methyl sites for hydroxylation is 2. The van der Waals surface area contributed by atoms with Crippen LogP contribution in [0.1, 0.15) is 27.4 Å². The fraction of sp³-hybridized carbons (Fsp3) is 0.235. The number of fused-ring (bicyclic) bond motifs is 1. The van der Waals surface area contributed by atoms with Crippen LogP contribution in [0.15, 0.2) is 30.5 Å². The number of nitro benzene ring substituents is 1. The first-order valence-electron chi connectivity index (χ1n) is 7.71. The summed E-state index contributed by atoms with van der Waals surface area (Å²) in [4.78, 5) is 30.9. The van der Waals surface area contributed by atoms with Crippen molar-refractivity contribution < 1.29 is 19.2 Å². The van der Waals surface area contributed by atoms with Crippen molar-refractivity contribution in [1.82, 2.24) is 14.4 Å². The maximum Gasteiger partial charge on any atom is 0.338 e. The van der Waals surface area contributed by atoms with Crippen LogP contribution in [0.5, 0.6) is 5.75 Å². The van der Waals surface area contributed by atoms with Crippen LogP contribution < -0.4 is 4.74 Å². The van der Waals surface area contributed by atoms with Crippen molar-refractivity contribution in [2.24, 2.45) is 0 Å². The molecule has 0 atom stereocenters. The van der Waals surface area contributed by atoms with Crippen LogP contribution in [0.4, 0.5) is 5.69 Å². The topological polar surface area (TPSA) is 109 Å². The van der Waals surface area contributed by atoms with E-state index in [1.54, 1.807) is 6.20 Å². The van der Waals surface area contributed by atoms with Gasteiger partial charge in [0.2, 0.25) is 5.78 Å². The molecule has 0 aliphatic rings. The number of imidazole rings is 1. The number of nitrogens with zero attached hydrogens (tertiary/aromatic N) is 4. The summed E-state index contributed by atoms with van der Waals surface area (Å²) in [5.74, 6) is -0.0749. The predicted octanol–water partition coefficient (Wildman–Crippen LogP) is 2.62. The highest BCUT2D eigenvalue weighted by molar-refractivity contribution is 5.90. The SMILES string of the molecule is COC(=O)c1ccc(OCc2cn3c(C)cc(C)nc3n2)c([N+](=O)[O-])c1. The lowest BCUT2D eigenvalue weighted by Gasteiger charge is -2.06. The second kappa shape index (κ2) is 6.79. The van der Waals surface area contributed by atoms with Gasteiger partial charge in [0.05, 0.1) is 23.3 Å². The third-order valence-corrected chi connectivity index (χ3v) is 3.76. The first kappa shape index (κ1) is 17.3. The zero-order valence-electron chi connectivity index (χ0n) is 14.4. The maximum absolute atomic E-state index is 11.5. The van der Waals surface area contributed by atoms with Crippen molar-refractivity contribution in [1.29, 1.82) is 0 Å². The summed E-state index contributed by atoms with van der Waals surface area (Å²) < 4.78 is 11.9. The Balaban J connectivity index is 1.86. The Morgan fingerprint density at radius 3 is 2.73 bits per heavy atom. The molecule has 0 saturated carbocycles. The Labute approximate surface area is 148 Å². The smallest absolute Gasteiger partial charge is 0.338 e. The van der Waals surface area contributed by atoms with Gasteiger partial charge in [0.15, 0.2) is 5.75 Å². The number of hydrogen-bond donors (Lipinski definition) is 0. The van der Waals surface area contributed by atoms with E-state index in [1.807, 2.05) is 24.3 Å². The van der Waals surface area contributed by atoms with Gasteiger partial charge >= 0.3 is 11.7 Å². The lowest BCUT2D eigenvalue weighted by atomic mass is 10.2. The van der Waals surface area contributed by atoms with Crippen LogP contribution >= 0.6 is 0 Å². The minimum absolute atomic E-state index is 0.0280. The van der Waals surface area contributed by atoms with E-state index in [9.17, 15) is 14.9 Å².